The molecule has 1 aliphatic rings. The Morgan fingerprint density at radius 2 is 1.44 bits per heavy atom. The fraction of sp³-hybridized carbons (Fsp3) is 0.552. The molecule has 3 N–H and O–H groups in total. The molecule has 202 valence electrons. The van der Waals surface area contributed by atoms with Crippen molar-refractivity contribution in [1.82, 2.24) is 20.4 Å². The van der Waals surface area contributed by atoms with E-state index in [1.165, 1.54) is 17.5 Å². The first-order chi connectivity index (χ1) is 16.8. The van der Waals surface area contributed by atoms with Gasteiger partial charge >= 0.3 is 6.09 Å². The maximum absolute atomic E-state index is 11.0. The second-order valence-electron chi connectivity index (χ2n) is 9.62. The number of aliphatic hydroxyl groups excluding tert-OH is 1. The van der Waals surface area contributed by atoms with E-state index in [-0.39, 0.29) is 32.2 Å². The third-order valence-corrected chi connectivity index (χ3v) is 6.11. The number of nitrogens with one attached hydrogen (secondary N) is 2. The molecule has 0 bridgehead atoms. The molecule has 1 amide bonds. The van der Waals surface area contributed by atoms with Crippen LogP contribution in [0.1, 0.15) is 54.6 Å². The van der Waals surface area contributed by atoms with Gasteiger partial charge in [-0.15, -0.1) is 0 Å². The summed E-state index contributed by atoms with van der Waals surface area (Å²) in [6, 6.07) is 17.0. The lowest BCUT2D eigenvalue weighted by Crippen LogP contribution is -2.19. The molecule has 2 aromatic carbocycles. The minimum atomic E-state index is -0.324. The van der Waals surface area contributed by atoms with E-state index in [9.17, 15) is 9.90 Å². The Labute approximate surface area is 218 Å². The molecule has 1 aliphatic heterocycles. The molecular formula is C29H48N4O3. The molecule has 2 unspecified atom stereocenters. The monoisotopic (exact) mass is 500 g/mol. The Balaban J connectivity index is 0.000000351. The number of carbonyl (C=O) groups excluding carboxylic acids is 1. The number of ether oxygens (including phenoxy) is 1. The molecule has 1 saturated heterocycles. The van der Waals surface area contributed by atoms with Gasteiger partial charge in [-0.2, -0.15) is 0 Å². The average molecular weight is 501 g/mol. The number of alkyl carbamates (subject to hydrolysis) is 1. The van der Waals surface area contributed by atoms with Gasteiger partial charge in [0.2, 0.25) is 0 Å². The van der Waals surface area contributed by atoms with Crippen molar-refractivity contribution in [2.75, 3.05) is 61.5 Å². The Morgan fingerprint density at radius 1 is 0.944 bits per heavy atom. The van der Waals surface area contributed by atoms with E-state index in [2.05, 4.69) is 97.2 Å². The number of aliphatic hydroxyl groups is 1. The van der Waals surface area contributed by atoms with E-state index in [4.69, 9.17) is 4.74 Å². The largest absolute Gasteiger partial charge is 0.447 e. The maximum atomic E-state index is 11.0. The van der Waals surface area contributed by atoms with Gasteiger partial charge in [0, 0.05) is 0 Å². The van der Waals surface area contributed by atoms with Crippen molar-refractivity contribution < 1.29 is 14.6 Å². The quantitative estimate of drug-likeness (QED) is 0.409. The van der Waals surface area contributed by atoms with Crippen LogP contribution in [0.25, 0.3) is 0 Å². The van der Waals surface area contributed by atoms with E-state index in [1.807, 2.05) is 7.05 Å². The number of likely N-dealkylation sites (N-methyl/N-ethyl adjacent to an activating group) is 1. The van der Waals surface area contributed by atoms with Crippen LogP contribution in [0.3, 0.4) is 0 Å². The van der Waals surface area contributed by atoms with Crippen LogP contribution < -0.4 is 10.6 Å². The number of hydrogen-bond donors (Lipinski definition) is 3. The highest BCUT2D eigenvalue weighted by molar-refractivity contribution is 5.70. The summed E-state index contributed by atoms with van der Waals surface area (Å²) in [6.07, 6.45) is 4.22. The van der Waals surface area contributed by atoms with Gasteiger partial charge in [-0.25, -0.2) is 4.79 Å². The van der Waals surface area contributed by atoms with Gasteiger partial charge in [0.15, 0.2) is 0 Å². The number of rotatable bonds is 12. The molecule has 0 spiro atoms. The van der Waals surface area contributed by atoms with Crippen molar-refractivity contribution in [3.63, 3.8) is 0 Å². The van der Waals surface area contributed by atoms with Gasteiger partial charge in [-0.3, -0.25) is 0 Å². The summed E-state index contributed by atoms with van der Waals surface area (Å²) in [5.41, 5.74) is 4.96. The third-order valence-electron chi connectivity index (χ3n) is 6.11. The molecule has 0 aromatic heterocycles. The number of hydrogen-bond acceptors (Lipinski definition) is 6. The van der Waals surface area contributed by atoms with E-state index in [0.717, 1.165) is 43.5 Å². The van der Waals surface area contributed by atoms with Crippen LogP contribution in [0, 0.1) is 0 Å². The topological polar surface area (TPSA) is 77.1 Å². The Kier molecular flexibility index (Phi) is 15.0. The summed E-state index contributed by atoms with van der Waals surface area (Å²) in [5, 5.41) is 15.1. The first kappa shape index (κ1) is 31.6. The molecule has 3 rings (SSSR count). The summed E-state index contributed by atoms with van der Waals surface area (Å²) in [6.45, 7) is 2.79. The molecule has 2 atom stereocenters. The Bertz CT molecular complexity index is 850. The van der Waals surface area contributed by atoms with Crippen molar-refractivity contribution in [2.45, 2.75) is 45.2 Å². The van der Waals surface area contributed by atoms with E-state index < -0.39 is 0 Å². The van der Waals surface area contributed by atoms with Crippen LogP contribution in [0.4, 0.5) is 4.79 Å². The van der Waals surface area contributed by atoms with Crippen molar-refractivity contribution in [3.8, 4) is 0 Å². The second-order valence-corrected chi connectivity index (χ2v) is 9.62. The van der Waals surface area contributed by atoms with Gasteiger partial charge in [0.1, 0.15) is 6.61 Å². The lowest BCUT2D eigenvalue weighted by molar-refractivity contribution is 0.177. The van der Waals surface area contributed by atoms with Gasteiger partial charge in [-0.1, -0.05) is 56.0 Å². The number of nitrogens with zero attached hydrogens (tertiary/aromatic N) is 2. The van der Waals surface area contributed by atoms with Crippen LogP contribution in [-0.4, -0.2) is 82.5 Å². The summed E-state index contributed by atoms with van der Waals surface area (Å²) in [5.74, 6) is 0. The molecule has 2 aromatic rings. The van der Waals surface area contributed by atoms with Crippen LogP contribution in [0.15, 0.2) is 48.5 Å². The zero-order valence-electron chi connectivity index (χ0n) is 22.1. The zero-order chi connectivity index (χ0) is 25.6. The van der Waals surface area contributed by atoms with Crippen molar-refractivity contribution >= 4 is 6.09 Å². The molecule has 0 saturated carbocycles. The minimum absolute atomic E-state index is 0. The lowest BCUT2D eigenvalue weighted by Gasteiger charge is -2.14. The first-order valence-corrected chi connectivity index (χ1v) is 12.5. The van der Waals surface area contributed by atoms with Gasteiger partial charge in [0.25, 0.3) is 0 Å². The van der Waals surface area contributed by atoms with Gasteiger partial charge in [-0.05, 0) is 96.3 Å². The normalized spacial score (nSPS) is 15.6. The highest BCUT2D eigenvalue weighted by Crippen LogP contribution is 2.19. The number of amides is 1. The van der Waals surface area contributed by atoms with E-state index in [1.54, 1.807) is 0 Å². The number of cyclic esters (lactones) is 1. The van der Waals surface area contributed by atoms with Crippen LogP contribution in [0.2, 0.25) is 0 Å². The fourth-order valence-electron chi connectivity index (χ4n) is 3.96. The summed E-state index contributed by atoms with van der Waals surface area (Å²) in [7, 11) is 10.2. The van der Waals surface area contributed by atoms with Crippen LogP contribution in [0.5, 0.6) is 0 Å². The summed E-state index contributed by atoms with van der Waals surface area (Å²) in [4.78, 5) is 15.4. The van der Waals surface area contributed by atoms with E-state index >= 15 is 0 Å². The minimum Gasteiger partial charge on any atom is -0.447 e. The number of carbonyl (C=O) groups is 1. The summed E-state index contributed by atoms with van der Waals surface area (Å²) >= 11 is 0. The standard InChI is InChI=1S/C14H20N2O2.C14H24N2O.CH4/c1-16(2)9-3-4-11-5-7-12(8-6-11)13-10-18-14(17)15-13;1-15-14(11-17)13-8-6-12(7-9-13)5-4-10-16(2)3;/h5-8,13H,3-4,9-10H2,1-2H3,(H,15,17);6-9,14-15,17H,4-5,10-11H2,1-3H3;1H4. The first-order valence-electron chi connectivity index (χ1n) is 12.5. The molecule has 1 fully saturated rings. The molecule has 7 heteroatoms. The highest BCUT2D eigenvalue weighted by atomic mass is 16.6. The van der Waals surface area contributed by atoms with Gasteiger partial charge in [0.05, 0.1) is 18.7 Å². The van der Waals surface area contributed by atoms with Gasteiger partial charge < -0.3 is 30.3 Å². The second kappa shape index (κ2) is 17.1. The highest BCUT2D eigenvalue weighted by Gasteiger charge is 2.23. The summed E-state index contributed by atoms with van der Waals surface area (Å²) < 4.78 is 4.89. The maximum Gasteiger partial charge on any atom is 0.407 e. The lowest BCUT2D eigenvalue weighted by atomic mass is 10.0. The predicted octanol–water partition coefficient (Wildman–Crippen LogP) is 4.03. The Morgan fingerprint density at radius 3 is 1.83 bits per heavy atom. The smallest absolute Gasteiger partial charge is 0.407 e. The molecule has 7 nitrogen and oxygen atoms in total. The third kappa shape index (κ3) is 11.5. The van der Waals surface area contributed by atoms with Crippen molar-refractivity contribution in [3.05, 3.63) is 70.8 Å². The molecule has 36 heavy (non-hydrogen) atoms. The molecule has 1 heterocycles. The predicted molar refractivity (Wildman–Crippen MR) is 149 cm³/mol. The fourth-order valence-corrected chi connectivity index (χ4v) is 3.96. The van der Waals surface area contributed by atoms with E-state index in [0.29, 0.717) is 6.61 Å². The SMILES string of the molecule is C.CN(C)CCCc1ccc(C2COC(=O)N2)cc1.CNC(CO)c1ccc(CCCN(C)C)cc1. The van der Waals surface area contributed by atoms with Crippen LogP contribution in [-0.2, 0) is 17.6 Å². The number of aryl methyl sites for hydroxylation is 2. The molecule has 0 radical (unpaired) electrons. The Hall–Kier alpha value is -2.45. The van der Waals surface area contributed by atoms with Crippen LogP contribution >= 0.6 is 0 Å². The average Bonchev–Trinajstić information content (AvgIpc) is 3.27. The van der Waals surface area contributed by atoms with Crippen molar-refractivity contribution in [2.24, 2.45) is 0 Å². The molecule has 0 aliphatic carbocycles. The molecular weight excluding hydrogens is 452 g/mol. The number of benzene rings is 2. The van der Waals surface area contributed by atoms with Crippen molar-refractivity contribution in [1.29, 1.82) is 0 Å². The zero-order valence-corrected chi connectivity index (χ0v) is 22.1.